The van der Waals surface area contributed by atoms with E-state index in [-0.39, 0.29) is 11.9 Å². The van der Waals surface area contributed by atoms with Crippen LogP contribution in [0.5, 0.6) is 0 Å². The number of carbonyl (C=O) groups is 1. The van der Waals surface area contributed by atoms with E-state index in [9.17, 15) is 4.79 Å². The minimum absolute atomic E-state index is 0.0900. The highest BCUT2D eigenvalue weighted by Crippen LogP contribution is 2.19. The Morgan fingerprint density at radius 2 is 2.25 bits per heavy atom. The molecule has 0 aromatic heterocycles. The van der Waals surface area contributed by atoms with Gasteiger partial charge in [0.1, 0.15) is 0 Å². The Bertz CT molecular complexity index is 266. The van der Waals surface area contributed by atoms with Crippen molar-refractivity contribution in [1.82, 2.24) is 10.2 Å². The number of hydrogen-bond donors (Lipinski definition) is 2. The molecule has 3 N–H and O–H groups in total. The van der Waals surface area contributed by atoms with Crippen LogP contribution in [0.1, 0.15) is 33.1 Å². The summed E-state index contributed by atoms with van der Waals surface area (Å²) in [5.74, 6) is 0.0900. The maximum atomic E-state index is 11.9. The predicted octanol–water partition coefficient (Wildman–Crippen LogP) is 0.652. The van der Waals surface area contributed by atoms with Crippen molar-refractivity contribution in [3.8, 4) is 0 Å². The van der Waals surface area contributed by atoms with Gasteiger partial charge in [-0.05, 0) is 32.7 Å². The summed E-state index contributed by atoms with van der Waals surface area (Å²) < 4.78 is 0. The van der Waals surface area contributed by atoms with E-state index >= 15 is 0 Å². The second-order valence-corrected chi connectivity index (χ2v) is 4.92. The van der Waals surface area contributed by atoms with Crippen molar-refractivity contribution in [3.63, 3.8) is 0 Å². The Morgan fingerprint density at radius 3 is 2.69 bits per heavy atom. The summed E-state index contributed by atoms with van der Waals surface area (Å²) in [4.78, 5) is 14.3. The van der Waals surface area contributed by atoms with Crippen LogP contribution in [-0.2, 0) is 4.79 Å². The quantitative estimate of drug-likeness (QED) is 0.645. The first-order chi connectivity index (χ1) is 7.54. The molecule has 16 heavy (non-hydrogen) atoms. The smallest absolute Gasteiger partial charge is 0.237 e. The van der Waals surface area contributed by atoms with E-state index in [0.717, 1.165) is 25.8 Å². The van der Waals surface area contributed by atoms with Gasteiger partial charge in [-0.2, -0.15) is 0 Å². The minimum atomic E-state index is -0.151. The summed E-state index contributed by atoms with van der Waals surface area (Å²) in [6.45, 7) is 5.35. The summed E-state index contributed by atoms with van der Waals surface area (Å²) in [5, 5.41) is 3.00. The van der Waals surface area contributed by atoms with Crippen LogP contribution in [0.25, 0.3) is 0 Å². The molecule has 1 atom stereocenters. The van der Waals surface area contributed by atoms with Crippen molar-refractivity contribution >= 4 is 23.1 Å². The van der Waals surface area contributed by atoms with E-state index in [4.69, 9.17) is 18.0 Å². The number of rotatable bonds is 7. The molecular formula is C11H21N3OS. The molecule has 0 radical (unpaired) electrons. The Balaban J connectivity index is 2.46. The summed E-state index contributed by atoms with van der Waals surface area (Å²) in [7, 11) is 0. The zero-order valence-electron chi connectivity index (χ0n) is 10.0. The number of nitrogens with zero attached hydrogens (tertiary/aromatic N) is 1. The molecule has 1 amide bonds. The van der Waals surface area contributed by atoms with Gasteiger partial charge in [0.05, 0.1) is 11.0 Å². The van der Waals surface area contributed by atoms with E-state index in [1.165, 1.54) is 0 Å². The third-order valence-electron chi connectivity index (χ3n) is 2.72. The largest absolute Gasteiger partial charge is 0.392 e. The summed E-state index contributed by atoms with van der Waals surface area (Å²) in [6.07, 6.45) is 3.22. The molecule has 0 bridgehead atoms. The highest BCUT2D eigenvalue weighted by molar-refractivity contribution is 7.80. The molecule has 0 heterocycles. The van der Waals surface area contributed by atoms with Crippen molar-refractivity contribution in [1.29, 1.82) is 0 Å². The van der Waals surface area contributed by atoms with Crippen molar-refractivity contribution in [3.05, 3.63) is 0 Å². The van der Waals surface area contributed by atoms with Crippen LogP contribution in [0.2, 0.25) is 0 Å². The fourth-order valence-corrected chi connectivity index (χ4v) is 1.78. The molecule has 1 aliphatic rings. The molecule has 0 aromatic carbocycles. The van der Waals surface area contributed by atoms with Crippen LogP contribution in [-0.4, -0.2) is 41.0 Å². The van der Waals surface area contributed by atoms with Gasteiger partial charge in [-0.25, -0.2) is 0 Å². The fourth-order valence-electron chi connectivity index (χ4n) is 1.61. The molecule has 0 aromatic rings. The van der Waals surface area contributed by atoms with Gasteiger partial charge < -0.3 is 11.1 Å². The van der Waals surface area contributed by atoms with Gasteiger partial charge in [0.25, 0.3) is 0 Å². The predicted molar refractivity (Wildman–Crippen MR) is 69.3 cm³/mol. The first-order valence-electron chi connectivity index (χ1n) is 5.87. The van der Waals surface area contributed by atoms with E-state index in [0.29, 0.717) is 17.6 Å². The summed E-state index contributed by atoms with van der Waals surface area (Å²) in [6, 6.07) is 0.255. The molecule has 0 saturated heterocycles. The highest BCUT2D eigenvalue weighted by Gasteiger charge is 2.28. The van der Waals surface area contributed by atoms with Gasteiger partial charge in [0.2, 0.25) is 5.91 Å². The third-order valence-corrected chi connectivity index (χ3v) is 2.85. The number of carbonyl (C=O) groups excluding carboxylic acids is 1. The number of nitrogens with two attached hydrogens (primary N) is 1. The van der Waals surface area contributed by atoms with Crippen molar-refractivity contribution < 1.29 is 4.79 Å². The molecule has 1 unspecified atom stereocenters. The molecule has 1 fully saturated rings. The maximum absolute atomic E-state index is 11.9. The summed E-state index contributed by atoms with van der Waals surface area (Å²) >= 11 is 4.90. The Labute approximate surface area is 103 Å². The van der Waals surface area contributed by atoms with Gasteiger partial charge in [-0.3, -0.25) is 9.69 Å². The average molecular weight is 243 g/mol. The number of hydrogen-bond acceptors (Lipinski definition) is 3. The molecular weight excluding hydrogens is 222 g/mol. The molecule has 5 heteroatoms. The molecule has 0 spiro atoms. The van der Waals surface area contributed by atoms with Gasteiger partial charge in [0.15, 0.2) is 0 Å². The van der Waals surface area contributed by atoms with Crippen LogP contribution >= 0.6 is 12.2 Å². The van der Waals surface area contributed by atoms with Crippen LogP contribution < -0.4 is 11.1 Å². The lowest BCUT2D eigenvalue weighted by Crippen LogP contribution is -2.48. The zero-order chi connectivity index (χ0) is 12.1. The fraction of sp³-hybridized carbons (Fsp3) is 0.818. The van der Waals surface area contributed by atoms with Gasteiger partial charge >= 0.3 is 0 Å². The van der Waals surface area contributed by atoms with E-state index < -0.39 is 0 Å². The lowest BCUT2D eigenvalue weighted by atomic mass is 10.2. The normalized spacial score (nSPS) is 17.2. The lowest BCUT2D eigenvalue weighted by molar-refractivity contribution is -0.125. The second kappa shape index (κ2) is 6.15. The van der Waals surface area contributed by atoms with Crippen LogP contribution in [0.4, 0.5) is 0 Å². The second-order valence-electron chi connectivity index (χ2n) is 4.40. The number of amides is 1. The van der Waals surface area contributed by atoms with E-state index in [1.54, 1.807) is 0 Å². The van der Waals surface area contributed by atoms with Crippen LogP contribution in [0.15, 0.2) is 0 Å². The monoisotopic (exact) mass is 243 g/mol. The van der Waals surface area contributed by atoms with E-state index in [1.807, 2.05) is 11.8 Å². The van der Waals surface area contributed by atoms with Crippen molar-refractivity contribution in [2.45, 2.75) is 45.2 Å². The summed E-state index contributed by atoms with van der Waals surface area (Å²) in [5.41, 5.74) is 5.53. The SMILES string of the molecule is CCCN(CC(N)=S)C(C)C(=O)NC1CC1. The molecule has 1 saturated carbocycles. The zero-order valence-corrected chi connectivity index (χ0v) is 10.8. The average Bonchev–Trinajstić information content (AvgIpc) is 2.99. The van der Waals surface area contributed by atoms with Crippen LogP contribution in [0.3, 0.4) is 0 Å². The molecule has 1 rings (SSSR count). The van der Waals surface area contributed by atoms with Gasteiger partial charge in [0, 0.05) is 12.6 Å². The minimum Gasteiger partial charge on any atom is -0.392 e. The Morgan fingerprint density at radius 1 is 1.62 bits per heavy atom. The number of nitrogens with one attached hydrogen (secondary N) is 1. The van der Waals surface area contributed by atoms with Crippen LogP contribution in [0, 0.1) is 0 Å². The van der Waals surface area contributed by atoms with E-state index in [2.05, 4.69) is 12.2 Å². The third kappa shape index (κ3) is 4.45. The molecule has 0 aliphatic heterocycles. The lowest BCUT2D eigenvalue weighted by Gasteiger charge is -2.27. The topological polar surface area (TPSA) is 58.4 Å². The van der Waals surface area contributed by atoms with Gasteiger partial charge in [-0.15, -0.1) is 0 Å². The number of thiocarbonyl (C=S) groups is 1. The first kappa shape index (κ1) is 13.4. The first-order valence-corrected chi connectivity index (χ1v) is 6.28. The molecule has 4 nitrogen and oxygen atoms in total. The Hall–Kier alpha value is -0.680. The van der Waals surface area contributed by atoms with Crippen molar-refractivity contribution in [2.75, 3.05) is 13.1 Å². The standard InChI is InChI=1S/C11H21N3OS/c1-3-6-14(7-10(12)16)8(2)11(15)13-9-4-5-9/h8-9H,3-7H2,1-2H3,(H2,12,16)(H,13,15). The molecule has 92 valence electrons. The molecule has 1 aliphatic carbocycles. The van der Waals surface area contributed by atoms with Crippen molar-refractivity contribution in [2.24, 2.45) is 5.73 Å². The highest BCUT2D eigenvalue weighted by atomic mass is 32.1. The maximum Gasteiger partial charge on any atom is 0.237 e. The van der Waals surface area contributed by atoms with Gasteiger partial charge in [-0.1, -0.05) is 19.1 Å². The Kier molecular flexibility index (Phi) is 5.15.